The van der Waals surface area contributed by atoms with Gasteiger partial charge in [0.25, 0.3) is 0 Å². The van der Waals surface area contributed by atoms with Crippen LogP contribution in [-0.2, 0) is 4.79 Å². The molecule has 1 rings (SSSR count). The molecule has 0 saturated carbocycles. The van der Waals surface area contributed by atoms with Gasteiger partial charge in [-0.2, -0.15) is 14.3 Å². The highest BCUT2D eigenvalue weighted by Crippen LogP contribution is 2.18. The van der Waals surface area contributed by atoms with Crippen LogP contribution in [0.1, 0.15) is 11.6 Å². The van der Waals surface area contributed by atoms with Gasteiger partial charge in [0.15, 0.2) is 0 Å². The van der Waals surface area contributed by atoms with Gasteiger partial charge < -0.3 is 14.7 Å². The first-order chi connectivity index (χ1) is 7.17. The monoisotopic (exact) mass is 217 g/mol. The molecule has 0 aliphatic heterocycles. The number of carbonyl (C=O) groups excluding carboxylic acids is 1. The minimum atomic E-state index is -2.88. The molecule has 0 fully saturated rings. The number of hydroxylamine groups is 1. The van der Waals surface area contributed by atoms with Crippen molar-refractivity contribution in [1.82, 2.24) is 5.48 Å². The van der Waals surface area contributed by atoms with Crippen LogP contribution >= 0.6 is 0 Å². The first-order valence-electron chi connectivity index (χ1n) is 4.07. The quantitative estimate of drug-likeness (QED) is 0.579. The fourth-order valence-electron chi connectivity index (χ4n) is 1.04. The lowest BCUT2D eigenvalue weighted by Gasteiger charge is -2.09. The fraction of sp³-hybridized carbons (Fsp3) is 0.222. The third-order valence-corrected chi connectivity index (χ3v) is 1.74. The van der Waals surface area contributed by atoms with Crippen molar-refractivity contribution in [1.29, 1.82) is 0 Å². The average molecular weight is 217 g/mol. The van der Waals surface area contributed by atoms with E-state index in [-0.39, 0.29) is 5.75 Å². The van der Waals surface area contributed by atoms with E-state index in [4.69, 9.17) is 5.21 Å². The lowest BCUT2D eigenvalue weighted by Crippen LogP contribution is -2.18. The van der Waals surface area contributed by atoms with Crippen LogP contribution in [0.5, 0.6) is 5.75 Å². The summed E-state index contributed by atoms with van der Waals surface area (Å²) in [5, 5.41) is 8.56. The second kappa shape index (κ2) is 5.38. The van der Waals surface area contributed by atoms with E-state index in [2.05, 4.69) is 4.74 Å². The summed E-state index contributed by atoms with van der Waals surface area (Å²) in [5.41, 5.74) is 2.22. The molecule has 0 radical (unpaired) electrons. The first kappa shape index (κ1) is 11.5. The fourth-order valence-corrected chi connectivity index (χ4v) is 1.04. The maximum absolute atomic E-state index is 11.8. The van der Waals surface area contributed by atoms with Crippen molar-refractivity contribution in [3.8, 4) is 5.75 Å². The van der Waals surface area contributed by atoms with E-state index in [1.807, 2.05) is 0 Å². The highest BCUT2D eigenvalue weighted by Gasteiger charge is 2.09. The molecule has 15 heavy (non-hydrogen) atoms. The number of hydrogen-bond acceptors (Lipinski definition) is 4. The number of hydrogen-bond donors (Lipinski definition) is 2. The Morgan fingerprint density at radius 3 is 2.33 bits per heavy atom. The standard InChI is InChI=1S/C9H9F2NO3/c10-9(11)15-7-3-1-6(2-4-7)8(5-13)12-14/h1-5,8-9,12,14H. The number of halogens is 2. The Balaban J connectivity index is 2.75. The van der Waals surface area contributed by atoms with Gasteiger partial charge in [0, 0.05) is 0 Å². The number of rotatable bonds is 5. The van der Waals surface area contributed by atoms with Crippen molar-refractivity contribution in [2.24, 2.45) is 0 Å². The summed E-state index contributed by atoms with van der Waals surface area (Å²) in [6.07, 6.45) is 0.489. The normalized spacial score (nSPS) is 12.5. The van der Waals surface area contributed by atoms with Crippen molar-refractivity contribution in [2.75, 3.05) is 0 Å². The van der Waals surface area contributed by atoms with E-state index < -0.39 is 12.7 Å². The SMILES string of the molecule is O=CC(NO)c1ccc(OC(F)F)cc1. The van der Waals surface area contributed by atoms with E-state index in [1.165, 1.54) is 24.3 Å². The Morgan fingerprint density at radius 2 is 1.93 bits per heavy atom. The number of aldehydes is 1. The number of benzene rings is 1. The van der Waals surface area contributed by atoms with Crippen LogP contribution in [0.15, 0.2) is 24.3 Å². The van der Waals surface area contributed by atoms with Crippen molar-refractivity contribution in [2.45, 2.75) is 12.7 Å². The minimum Gasteiger partial charge on any atom is -0.435 e. The molecule has 0 heterocycles. The molecule has 0 spiro atoms. The zero-order valence-electron chi connectivity index (χ0n) is 7.56. The largest absolute Gasteiger partial charge is 0.435 e. The highest BCUT2D eigenvalue weighted by atomic mass is 19.3. The Hall–Kier alpha value is -1.53. The second-order valence-corrected chi connectivity index (χ2v) is 2.69. The maximum Gasteiger partial charge on any atom is 0.387 e. The molecule has 1 atom stereocenters. The molecule has 0 bridgehead atoms. The van der Waals surface area contributed by atoms with Crippen LogP contribution in [0.25, 0.3) is 0 Å². The highest BCUT2D eigenvalue weighted by molar-refractivity contribution is 5.61. The molecule has 1 aromatic carbocycles. The zero-order valence-corrected chi connectivity index (χ0v) is 7.56. The van der Waals surface area contributed by atoms with Crippen molar-refractivity contribution < 1.29 is 23.5 Å². The van der Waals surface area contributed by atoms with Gasteiger partial charge in [-0.1, -0.05) is 12.1 Å². The average Bonchev–Trinajstić information content (AvgIpc) is 2.21. The van der Waals surface area contributed by atoms with Gasteiger partial charge in [-0.05, 0) is 17.7 Å². The Morgan fingerprint density at radius 1 is 1.33 bits per heavy atom. The lowest BCUT2D eigenvalue weighted by molar-refractivity contribution is -0.112. The third kappa shape index (κ3) is 3.26. The molecule has 0 aliphatic carbocycles. The maximum atomic E-state index is 11.8. The van der Waals surface area contributed by atoms with E-state index in [9.17, 15) is 13.6 Å². The zero-order chi connectivity index (χ0) is 11.3. The summed E-state index contributed by atoms with van der Waals surface area (Å²) in [6, 6.07) is 4.51. The van der Waals surface area contributed by atoms with Crippen molar-refractivity contribution in [3.05, 3.63) is 29.8 Å². The molecule has 0 aliphatic rings. The summed E-state index contributed by atoms with van der Waals surface area (Å²) in [7, 11) is 0. The van der Waals surface area contributed by atoms with Crippen LogP contribution in [0.4, 0.5) is 8.78 Å². The van der Waals surface area contributed by atoms with Gasteiger partial charge in [-0.25, -0.2) is 0 Å². The van der Waals surface area contributed by atoms with Gasteiger partial charge in [-0.15, -0.1) is 0 Å². The molecule has 0 amide bonds. The van der Waals surface area contributed by atoms with Gasteiger partial charge in [0.05, 0.1) is 0 Å². The number of carbonyl (C=O) groups is 1. The molecule has 0 aromatic heterocycles. The lowest BCUT2D eigenvalue weighted by atomic mass is 10.1. The van der Waals surface area contributed by atoms with E-state index in [0.717, 1.165) is 0 Å². The van der Waals surface area contributed by atoms with Crippen molar-refractivity contribution in [3.63, 3.8) is 0 Å². The van der Waals surface area contributed by atoms with Gasteiger partial charge in [-0.3, -0.25) is 0 Å². The summed E-state index contributed by atoms with van der Waals surface area (Å²) >= 11 is 0. The number of nitrogens with one attached hydrogen (secondary N) is 1. The van der Waals surface area contributed by atoms with E-state index in [1.54, 1.807) is 5.48 Å². The number of alkyl halides is 2. The van der Waals surface area contributed by atoms with E-state index >= 15 is 0 Å². The van der Waals surface area contributed by atoms with Crippen LogP contribution in [0.2, 0.25) is 0 Å². The molecule has 1 aromatic rings. The Labute approximate surface area is 84.4 Å². The summed E-state index contributed by atoms with van der Waals surface area (Å²) < 4.78 is 27.7. The predicted octanol–water partition coefficient (Wildman–Crippen LogP) is 1.51. The van der Waals surface area contributed by atoms with Crippen molar-refractivity contribution >= 4 is 6.29 Å². The third-order valence-electron chi connectivity index (χ3n) is 1.74. The van der Waals surface area contributed by atoms with E-state index in [0.29, 0.717) is 11.8 Å². The molecule has 1 unspecified atom stereocenters. The molecule has 0 saturated heterocycles. The number of ether oxygens (including phenoxy) is 1. The minimum absolute atomic E-state index is 0.00339. The van der Waals surface area contributed by atoms with Gasteiger partial charge >= 0.3 is 6.61 Å². The van der Waals surface area contributed by atoms with Crippen LogP contribution in [-0.4, -0.2) is 18.1 Å². The van der Waals surface area contributed by atoms with Gasteiger partial charge in [0.1, 0.15) is 18.1 Å². The Kier molecular flexibility index (Phi) is 4.14. The predicted molar refractivity (Wildman–Crippen MR) is 46.8 cm³/mol. The van der Waals surface area contributed by atoms with Gasteiger partial charge in [0.2, 0.25) is 0 Å². The topological polar surface area (TPSA) is 58.6 Å². The second-order valence-electron chi connectivity index (χ2n) is 2.69. The summed E-state index contributed by atoms with van der Waals surface area (Å²) in [6.45, 7) is -2.88. The summed E-state index contributed by atoms with van der Waals surface area (Å²) in [5.74, 6) is -0.00339. The molecular weight excluding hydrogens is 208 g/mol. The smallest absolute Gasteiger partial charge is 0.387 e. The van der Waals surface area contributed by atoms with Crippen LogP contribution < -0.4 is 10.2 Å². The Bertz CT molecular complexity index is 316. The van der Waals surface area contributed by atoms with Crippen LogP contribution in [0.3, 0.4) is 0 Å². The molecular formula is C9H9F2NO3. The molecule has 6 heteroatoms. The molecule has 82 valence electrons. The molecule has 4 nitrogen and oxygen atoms in total. The molecule has 2 N–H and O–H groups in total. The first-order valence-corrected chi connectivity index (χ1v) is 4.07. The van der Waals surface area contributed by atoms with Crippen LogP contribution in [0, 0.1) is 0 Å². The summed E-state index contributed by atoms with van der Waals surface area (Å²) in [4.78, 5) is 10.4.